The van der Waals surface area contributed by atoms with Crippen molar-refractivity contribution in [2.45, 2.75) is 6.92 Å². The van der Waals surface area contributed by atoms with E-state index in [0.717, 1.165) is 11.4 Å². The topological polar surface area (TPSA) is 89.3 Å². The molecule has 0 aliphatic heterocycles. The molecule has 4 rings (SSSR count). The molecule has 118 valence electrons. The van der Waals surface area contributed by atoms with Crippen LogP contribution < -0.4 is 5.55 Å². The number of para-hydroxylation sites is 1. The summed E-state index contributed by atoms with van der Waals surface area (Å²) in [6.45, 7) is 1.92. The Morgan fingerprint density at radius 2 is 1.96 bits per heavy atom. The van der Waals surface area contributed by atoms with Crippen LogP contribution in [0.15, 0.2) is 64.4 Å². The molecule has 0 aliphatic carbocycles. The molecule has 0 amide bonds. The summed E-state index contributed by atoms with van der Waals surface area (Å²) >= 11 is 0. The Balaban J connectivity index is 1.94. The maximum atomic E-state index is 9.30. The van der Waals surface area contributed by atoms with Crippen molar-refractivity contribution in [3.63, 3.8) is 0 Å². The minimum atomic E-state index is 0.0196. The van der Waals surface area contributed by atoms with Gasteiger partial charge in [0.25, 0.3) is 5.55 Å². The first-order chi connectivity index (χ1) is 11.8. The Labute approximate surface area is 136 Å². The maximum Gasteiger partial charge on any atom is 0.282 e. The summed E-state index contributed by atoms with van der Waals surface area (Å²) in [6, 6.07) is 13.2. The summed E-state index contributed by atoms with van der Waals surface area (Å²) in [4.78, 5) is 8.65. The zero-order valence-electron chi connectivity index (χ0n) is 12.8. The number of rotatable bonds is 2. The first kappa shape index (κ1) is 14.1. The molecule has 0 fully saturated rings. The zero-order valence-corrected chi connectivity index (χ0v) is 12.8. The van der Waals surface area contributed by atoms with Crippen molar-refractivity contribution in [3.05, 3.63) is 66.1 Å². The van der Waals surface area contributed by atoms with Crippen LogP contribution in [0.4, 0.5) is 0 Å². The van der Waals surface area contributed by atoms with E-state index in [4.69, 9.17) is 4.42 Å². The Kier molecular flexibility index (Phi) is 3.31. The minimum Gasteiger partial charge on any atom is -0.431 e. The van der Waals surface area contributed by atoms with Crippen LogP contribution in [-0.2, 0) is 0 Å². The number of aromatic nitrogens is 4. The van der Waals surface area contributed by atoms with Gasteiger partial charge in [0.1, 0.15) is 5.69 Å². The highest BCUT2D eigenvalue weighted by atomic mass is 16.5. The normalized spacial score (nSPS) is 12.0. The highest BCUT2D eigenvalue weighted by molar-refractivity contribution is 5.71. The minimum absolute atomic E-state index is 0.0196. The van der Waals surface area contributed by atoms with Crippen molar-refractivity contribution >= 4 is 11.2 Å². The summed E-state index contributed by atoms with van der Waals surface area (Å²) in [6.07, 6.45) is 3.30. The number of nitrogens with zero attached hydrogens (tertiary/aromatic N) is 5. The molecule has 0 unspecified atom stereocenters. The molecule has 3 aromatic heterocycles. The monoisotopic (exact) mass is 319 g/mol. The predicted molar refractivity (Wildman–Crippen MR) is 86.4 cm³/mol. The third-order valence-corrected chi connectivity index (χ3v) is 3.73. The first-order valence-corrected chi connectivity index (χ1v) is 7.32. The molecule has 0 radical (unpaired) electrons. The second-order valence-electron chi connectivity index (χ2n) is 5.18. The van der Waals surface area contributed by atoms with E-state index < -0.39 is 0 Å². The van der Waals surface area contributed by atoms with Gasteiger partial charge in [0.05, 0.1) is 17.6 Å². The second kappa shape index (κ2) is 5.62. The van der Waals surface area contributed by atoms with E-state index in [1.54, 1.807) is 29.2 Å². The number of pyridine rings is 1. The van der Waals surface area contributed by atoms with Crippen molar-refractivity contribution in [1.29, 1.82) is 0 Å². The summed E-state index contributed by atoms with van der Waals surface area (Å²) in [5.74, 6) is 0. The van der Waals surface area contributed by atoms with Gasteiger partial charge in [-0.3, -0.25) is 0 Å². The molecule has 0 saturated carbocycles. The fraction of sp³-hybridized carbons (Fsp3) is 0.0588. The zero-order chi connectivity index (χ0) is 16.5. The van der Waals surface area contributed by atoms with Crippen LogP contribution in [0.2, 0.25) is 0 Å². The Bertz CT molecular complexity index is 1080. The number of fused-ring (bicyclic) bond motifs is 1. The number of hydrogen-bond donors (Lipinski definition) is 1. The predicted octanol–water partition coefficient (Wildman–Crippen LogP) is 2.67. The van der Waals surface area contributed by atoms with E-state index in [1.807, 2.05) is 37.3 Å². The van der Waals surface area contributed by atoms with Crippen LogP contribution in [-0.4, -0.2) is 25.0 Å². The lowest BCUT2D eigenvalue weighted by Gasteiger charge is -2.05. The van der Waals surface area contributed by atoms with Crippen LogP contribution >= 0.6 is 0 Å². The number of hydrogen-bond acceptors (Lipinski definition) is 6. The maximum absolute atomic E-state index is 9.30. The molecule has 0 bridgehead atoms. The molecule has 1 N–H and O–H groups in total. The molecule has 1 aromatic carbocycles. The average molecular weight is 319 g/mol. The highest BCUT2D eigenvalue weighted by Crippen LogP contribution is 2.22. The fourth-order valence-corrected chi connectivity index (χ4v) is 2.57. The van der Waals surface area contributed by atoms with Gasteiger partial charge in [-0.25, -0.2) is 14.6 Å². The second-order valence-corrected chi connectivity index (χ2v) is 5.18. The van der Waals surface area contributed by atoms with E-state index >= 15 is 0 Å². The van der Waals surface area contributed by atoms with Gasteiger partial charge in [-0.05, 0) is 36.3 Å². The lowest BCUT2D eigenvalue weighted by molar-refractivity contribution is 0.277. The van der Waals surface area contributed by atoms with Crippen molar-refractivity contribution in [3.8, 4) is 16.9 Å². The van der Waals surface area contributed by atoms with Crippen LogP contribution in [0.5, 0.6) is 0 Å². The molecular weight excluding hydrogens is 306 g/mol. The third kappa shape index (κ3) is 2.23. The van der Waals surface area contributed by atoms with E-state index in [0.29, 0.717) is 22.5 Å². The van der Waals surface area contributed by atoms with Gasteiger partial charge >= 0.3 is 0 Å². The lowest BCUT2D eigenvalue weighted by atomic mass is 10.2. The Morgan fingerprint density at radius 3 is 2.75 bits per heavy atom. The van der Waals surface area contributed by atoms with Gasteiger partial charge in [0, 0.05) is 11.8 Å². The Morgan fingerprint density at radius 1 is 1.12 bits per heavy atom. The quantitative estimate of drug-likeness (QED) is 0.453. The Hall–Kier alpha value is -3.48. The molecule has 0 spiro atoms. The first-order valence-electron chi connectivity index (χ1n) is 7.32. The van der Waals surface area contributed by atoms with Crippen LogP contribution in [0.3, 0.4) is 0 Å². The molecule has 3 heterocycles. The summed E-state index contributed by atoms with van der Waals surface area (Å²) in [5.41, 5.74) is 3.79. The molecule has 7 heteroatoms. The molecule has 0 aliphatic rings. The molecule has 0 saturated heterocycles. The van der Waals surface area contributed by atoms with E-state index in [9.17, 15) is 5.21 Å². The molecule has 4 aromatic rings. The van der Waals surface area contributed by atoms with Gasteiger partial charge < -0.3 is 9.62 Å². The van der Waals surface area contributed by atoms with E-state index in [1.165, 1.54) is 0 Å². The van der Waals surface area contributed by atoms with Gasteiger partial charge in [-0.2, -0.15) is 5.10 Å². The van der Waals surface area contributed by atoms with Gasteiger partial charge in [-0.15, -0.1) is 0 Å². The van der Waals surface area contributed by atoms with Crippen molar-refractivity contribution in [2.24, 2.45) is 5.16 Å². The molecule has 0 atom stereocenters. The average Bonchev–Trinajstić information content (AvgIpc) is 3.02. The van der Waals surface area contributed by atoms with Crippen LogP contribution in [0, 0.1) is 6.92 Å². The smallest absolute Gasteiger partial charge is 0.282 e. The van der Waals surface area contributed by atoms with Crippen molar-refractivity contribution in [1.82, 2.24) is 19.7 Å². The van der Waals surface area contributed by atoms with Gasteiger partial charge in [0.2, 0.25) is 0 Å². The van der Waals surface area contributed by atoms with E-state index in [2.05, 4.69) is 20.2 Å². The SMILES string of the molecule is Cc1c(-c2nc3ncccc3oc2=NO)cnn1-c1ccccc1. The summed E-state index contributed by atoms with van der Waals surface area (Å²) < 4.78 is 7.38. The van der Waals surface area contributed by atoms with Crippen LogP contribution in [0.1, 0.15) is 5.69 Å². The van der Waals surface area contributed by atoms with Crippen molar-refractivity contribution in [2.75, 3.05) is 0 Å². The fourth-order valence-electron chi connectivity index (χ4n) is 2.57. The summed E-state index contributed by atoms with van der Waals surface area (Å²) in [5, 5.41) is 16.9. The van der Waals surface area contributed by atoms with Crippen molar-refractivity contribution < 1.29 is 9.62 Å². The van der Waals surface area contributed by atoms with Gasteiger partial charge in [-0.1, -0.05) is 18.2 Å². The highest BCUT2D eigenvalue weighted by Gasteiger charge is 2.16. The largest absolute Gasteiger partial charge is 0.431 e. The van der Waals surface area contributed by atoms with E-state index in [-0.39, 0.29) is 5.55 Å². The molecular formula is C17H13N5O2. The van der Waals surface area contributed by atoms with Gasteiger partial charge in [0.15, 0.2) is 11.2 Å². The standard InChI is InChI=1S/C17H13N5O2/c1-11-13(10-19-22(11)12-6-3-2-4-7-12)15-17(21-23)24-14-8-5-9-18-16(14)20-15/h2-10,23H,1H3. The van der Waals surface area contributed by atoms with Crippen LogP contribution in [0.25, 0.3) is 28.2 Å². The summed E-state index contributed by atoms with van der Waals surface area (Å²) in [7, 11) is 0. The third-order valence-electron chi connectivity index (χ3n) is 3.73. The lowest BCUT2D eigenvalue weighted by Crippen LogP contribution is -2.09. The molecule has 7 nitrogen and oxygen atoms in total. The number of benzene rings is 1. The molecule has 24 heavy (non-hydrogen) atoms.